The normalized spacial score (nSPS) is 17.4. The Balaban J connectivity index is 1.97. The van der Waals surface area contributed by atoms with Crippen molar-refractivity contribution in [3.05, 3.63) is 11.1 Å². The van der Waals surface area contributed by atoms with Crippen LogP contribution in [0.25, 0.3) is 0 Å². The number of piperidine rings is 1. The van der Waals surface area contributed by atoms with E-state index in [4.69, 9.17) is 0 Å². The van der Waals surface area contributed by atoms with Crippen molar-refractivity contribution in [3.8, 4) is 0 Å². The van der Waals surface area contributed by atoms with Gasteiger partial charge in [-0.05, 0) is 31.8 Å². The molecule has 5 heteroatoms. The van der Waals surface area contributed by atoms with E-state index >= 15 is 0 Å². The first-order valence-corrected chi connectivity index (χ1v) is 6.96. The second-order valence-electron chi connectivity index (χ2n) is 4.74. The lowest BCUT2D eigenvalue weighted by molar-refractivity contribution is -0.118. The molecule has 1 fully saturated rings. The van der Waals surface area contributed by atoms with Crippen LogP contribution in [0.15, 0.2) is 6.20 Å². The molecule has 1 amide bonds. The number of carbonyl (C=O) groups excluding carboxylic acids is 1. The van der Waals surface area contributed by atoms with Gasteiger partial charge in [0.05, 0.1) is 0 Å². The number of amides is 1. The molecule has 4 nitrogen and oxygen atoms in total. The van der Waals surface area contributed by atoms with E-state index in [1.54, 1.807) is 11.3 Å². The Kier molecular flexibility index (Phi) is 4.12. The SMILES string of the molecule is CC(C)C(=O)Nc1ncc(C2CCNCC2)s1. The summed E-state index contributed by atoms with van der Waals surface area (Å²) in [6.07, 6.45) is 4.25. The molecule has 0 spiro atoms. The first-order chi connectivity index (χ1) is 8.16. The maximum absolute atomic E-state index is 11.5. The van der Waals surface area contributed by atoms with E-state index in [0.717, 1.165) is 18.2 Å². The van der Waals surface area contributed by atoms with E-state index in [9.17, 15) is 4.79 Å². The summed E-state index contributed by atoms with van der Waals surface area (Å²) in [4.78, 5) is 17.1. The van der Waals surface area contributed by atoms with Crippen LogP contribution in [0, 0.1) is 5.92 Å². The molecular weight excluding hydrogens is 234 g/mol. The second kappa shape index (κ2) is 5.60. The predicted molar refractivity (Wildman–Crippen MR) is 70.4 cm³/mol. The van der Waals surface area contributed by atoms with E-state index in [1.807, 2.05) is 20.0 Å². The average Bonchev–Trinajstić information content (AvgIpc) is 2.78. The molecule has 0 saturated carbocycles. The third kappa shape index (κ3) is 3.26. The minimum atomic E-state index is 0.00114. The van der Waals surface area contributed by atoms with Gasteiger partial charge in [0.1, 0.15) is 0 Å². The Morgan fingerprint density at radius 1 is 1.53 bits per heavy atom. The number of rotatable bonds is 3. The molecule has 0 atom stereocenters. The van der Waals surface area contributed by atoms with E-state index < -0.39 is 0 Å². The fourth-order valence-electron chi connectivity index (χ4n) is 1.89. The van der Waals surface area contributed by atoms with Crippen LogP contribution in [0.5, 0.6) is 0 Å². The number of thiazole rings is 1. The van der Waals surface area contributed by atoms with Gasteiger partial charge in [-0.2, -0.15) is 0 Å². The van der Waals surface area contributed by atoms with Crippen molar-refractivity contribution >= 4 is 22.4 Å². The van der Waals surface area contributed by atoms with Gasteiger partial charge in [-0.25, -0.2) is 4.98 Å². The highest BCUT2D eigenvalue weighted by atomic mass is 32.1. The lowest BCUT2D eigenvalue weighted by Gasteiger charge is -2.20. The van der Waals surface area contributed by atoms with Gasteiger partial charge in [-0.1, -0.05) is 13.8 Å². The zero-order chi connectivity index (χ0) is 12.3. The fraction of sp³-hybridized carbons (Fsp3) is 0.667. The molecule has 1 aromatic rings. The lowest BCUT2D eigenvalue weighted by atomic mass is 9.97. The number of nitrogens with zero attached hydrogens (tertiary/aromatic N) is 1. The molecule has 2 rings (SSSR count). The van der Waals surface area contributed by atoms with Crippen LogP contribution in [0.3, 0.4) is 0 Å². The van der Waals surface area contributed by atoms with Crippen LogP contribution >= 0.6 is 11.3 Å². The second-order valence-corrected chi connectivity index (χ2v) is 5.80. The van der Waals surface area contributed by atoms with Gasteiger partial charge in [0.15, 0.2) is 5.13 Å². The van der Waals surface area contributed by atoms with E-state index in [0.29, 0.717) is 5.92 Å². The third-order valence-electron chi connectivity index (χ3n) is 3.02. The van der Waals surface area contributed by atoms with Crippen LogP contribution < -0.4 is 10.6 Å². The van der Waals surface area contributed by atoms with Crippen molar-refractivity contribution in [2.45, 2.75) is 32.6 Å². The van der Waals surface area contributed by atoms with Gasteiger partial charge in [-0.3, -0.25) is 4.79 Å². The molecule has 0 radical (unpaired) electrons. The number of hydrogen-bond donors (Lipinski definition) is 2. The maximum atomic E-state index is 11.5. The van der Waals surface area contributed by atoms with Crippen LogP contribution in [0.2, 0.25) is 0 Å². The van der Waals surface area contributed by atoms with Crippen molar-refractivity contribution in [2.24, 2.45) is 5.92 Å². The molecule has 0 bridgehead atoms. The predicted octanol–water partition coefficient (Wildman–Crippen LogP) is 2.20. The van der Waals surface area contributed by atoms with E-state index in [-0.39, 0.29) is 11.8 Å². The van der Waals surface area contributed by atoms with Crippen molar-refractivity contribution in [2.75, 3.05) is 18.4 Å². The maximum Gasteiger partial charge on any atom is 0.228 e. The summed E-state index contributed by atoms with van der Waals surface area (Å²) < 4.78 is 0. The molecule has 1 aliphatic rings. The zero-order valence-electron chi connectivity index (χ0n) is 10.3. The summed E-state index contributed by atoms with van der Waals surface area (Å²) in [6.45, 7) is 5.93. The van der Waals surface area contributed by atoms with Crippen molar-refractivity contribution in [3.63, 3.8) is 0 Å². The number of carbonyl (C=O) groups is 1. The quantitative estimate of drug-likeness (QED) is 0.868. The minimum absolute atomic E-state index is 0.00114. The summed E-state index contributed by atoms with van der Waals surface area (Å²) in [5, 5.41) is 6.94. The van der Waals surface area contributed by atoms with Crippen LogP contribution in [0.4, 0.5) is 5.13 Å². The van der Waals surface area contributed by atoms with Gasteiger partial charge < -0.3 is 10.6 Å². The number of anilines is 1. The Labute approximate surface area is 106 Å². The Morgan fingerprint density at radius 3 is 2.88 bits per heavy atom. The summed E-state index contributed by atoms with van der Waals surface area (Å²) in [6, 6.07) is 0. The van der Waals surface area contributed by atoms with Crippen LogP contribution in [-0.2, 0) is 4.79 Å². The number of nitrogens with one attached hydrogen (secondary N) is 2. The minimum Gasteiger partial charge on any atom is -0.317 e. The van der Waals surface area contributed by atoms with E-state index in [1.165, 1.54) is 17.7 Å². The summed E-state index contributed by atoms with van der Waals surface area (Å²) in [5.74, 6) is 0.649. The first kappa shape index (κ1) is 12.5. The summed E-state index contributed by atoms with van der Waals surface area (Å²) >= 11 is 1.61. The standard InChI is InChI=1S/C12H19N3OS/c1-8(2)11(16)15-12-14-7-10(17-12)9-3-5-13-6-4-9/h7-9,13H,3-6H2,1-2H3,(H,14,15,16). The van der Waals surface area contributed by atoms with Crippen LogP contribution in [-0.4, -0.2) is 24.0 Å². The molecular formula is C12H19N3OS. The molecule has 0 aliphatic carbocycles. The Morgan fingerprint density at radius 2 is 2.24 bits per heavy atom. The molecule has 0 unspecified atom stereocenters. The fourth-order valence-corrected chi connectivity index (χ4v) is 2.88. The first-order valence-electron chi connectivity index (χ1n) is 6.14. The van der Waals surface area contributed by atoms with E-state index in [2.05, 4.69) is 15.6 Å². The molecule has 94 valence electrons. The largest absolute Gasteiger partial charge is 0.317 e. The molecule has 17 heavy (non-hydrogen) atoms. The topological polar surface area (TPSA) is 54.0 Å². The van der Waals surface area contributed by atoms with Crippen LogP contribution in [0.1, 0.15) is 37.5 Å². The van der Waals surface area contributed by atoms with Gasteiger partial charge in [0.25, 0.3) is 0 Å². The molecule has 2 heterocycles. The molecule has 1 aromatic heterocycles. The Hall–Kier alpha value is -0.940. The summed E-state index contributed by atoms with van der Waals surface area (Å²) in [5.41, 5.74) is 0. The van der Waals surface area contributed by atoms with Gasteiger partial charge in [-0.15, -0.1) is 11.3 Å². The van der Waals surface area contributed by atoms with Crippen molar-refractivity contribution in [1.29, 1.82) is 0 Å². The molecule has 2 N–H and O–H groups in total. The summed E-state index contributed by atoms with van der Waals surface area (Å²) in [7, 11) is 0. The molecule has 1 aliphatic heterocycles. The monoisotopic (exact) mass is 253 g/mol. The smallest absolute Gasteiger partial charge is 0.228 e. The lowest BCUT2D eigenvalue weighted by Crippen LogP contribution is -2.26. The number of aromatic nitrogens is 1. The highest BCUT2D eigenvalue weighted by molar-refractivity contribution is 7.15. The highest BCUT2D eigenvalue weighted by Gasteiger charge is 2.18. The molecule has 1 saturated heterocycles. The zero-order valence-corrected chi connectivity index (χ0v) is 11.1. The van der Waals surface area contributed by atoms with Gasteiger partial charge in [0.2, 0.25) is 5.91 Å². The van der Waals surface area contributed by atoms with Crippen molar-refractivity contribution in [1.82, 2.24) is 10.3 Å². The number of hydrogen-bond acceptors (Lipinski definition) is 4. The van der Waals surface area contributed by atoms with Crippen molar-refractivity contribution < 1.29 is 4.79 Å². The Bertz CT molecular complexity index is 383. The highest BCUT2D eigenvalue weighted by Crippen LogP contribution is 2.31. The van der Waals surface area contributed by atoms with Gasteiger partial charge >= 0.3 is 0 Å². The average molecular weight is 253 g/mol. The van der Waals surface area contributed by atoms with Gasteiger partial charge in [0, 0.05) is 17.0 Å². The molecule has 0 aromatic carbocycles. The third-order valence-corrected chi connectivity index (χ3v) is 4.09.